The van der Waals surface area contributed by atoms with Crippen molar-refractivity contribution in [2.75, 3.05) is 31.9 Å². The van der Waals surface area contributed by atoms with Gasteiger partial charge >= 0.3 is 0 Å². The summed E-state index contributed by atoms with van der Waals surface area (Å²) in [4.78, 5) is 25.1. The van der Waals surface area contributed by atoms with E-state index in [1.807, 2.05) is 42.2 Å². The standard InChI is InChI=1S/C23H23N9O2/c1-23(15-6-3-2-4-7-15,21(33)30-11-9-25-10-12-30)32-20-16(14-26-32)19-27-18(17-8-5-13-34-17)29-31(19)22(24)28-20/h2-8,13-14,25H,9-12H2,1H3,(H2,24,28). The molecule has 3 N–H and O–H groups in total. The van der Waals surface area contributed by atoms with E-state index in [0.29, 0.717) is 41.4 Å². The Labute approximate surface area is 194 Å². The van der Waals surface area contributed by atoms with Crippen LogP contribution >= 0.6 is 0 Å². The second-order valence-electron chi connectivity index (χ2n) is 8.39. The van der Waals surface area contributed by atoms with Gasteiger partial charge in [-0.05, 0) is 24.6 Å². The first-order valence-electron chi connectivity index (χ1n) is 11.1. The van der Waals surface area contributed by atoms with E-state index in [0.717, 1.165) is 18.7 Å². The van der Waals surface area contributed by atoms with Gasteiger partial charge in [0.2, 0.25) is 11.8 Å². The third-order valence-corrected chi connectivity index (χ3v) is 6.35. The monoisotopic (exact) mass is 457 g/mol. The van der Waals surface area contributed by atoms with Gasteiger partial charge in [0.1, 0.15) is 0 Å². The maximum Gasteiger partial charge on any atom is 0.255 e. The van der Waals surface area contributed by atoms with Gasteiger partial charge in [0.25, 0.3) is 5.91 Å². The number of piperazine rings is 1. The number of anilines is 1. The summed E-state index contributed by atoms with van der Waals surface area (Å²) in [6.07, 6.45) is 3.22. The minimum absolute atomic E-state index is 0.0526. The van der Waals surface area contributed by atoms with E-state index in [1.54, 1.807) is 29.3 Å². The lowest BCUT2D eigenvalue weighted by atomic mass is 9.90. The number of amides is 1. The van der Waals surface area contributed by atoms with E-state index in [4.69, 9.17) is 10.2 Å². The quantitative estimate of drug-likeness (QED) is 0.415. The Morgan fingerprint density at radius 1 is 1.09 bits per heavy atom. The summed E-state index contributed by atoms with van der Waals surface area (Å²) in [6, 6.07) is 13.2. The van der Waals surface area contributed by atoms with E-state index in [2.05, 4.69) is 25.5 Å². The van der Waals surface area contributed by atoms with Crippen LogP contribution in [0.1, 0.15) is 12.5 Å². The third kappa shape index (κ3) is 2.97. The number of carbonyl (C=O) groups excluding carboxylic acids is 1. The van der Waals surface area contributed by atoms with Gasteiger partial charge in [-0.1, -0.05) is 30.3 Å². The summed E-state index contributed by atoms with van der Waals surface area (Å²) in [5, 5.41) is 13.0. The molecule has 172 valence electrons. The van der Waals surface area contributed by atoms with Gasteiger partial charge in [-0.2, -0.15) is 14.6 Å². The Bertz CT molecular complexity index is 1480. The first-order chi connectivity index (χ1) is 16.6. The fourth-order valence-electron chi connectivity index (χ4n) is 4.52. The Hall–Kier alpha value is -4.25. The molecule has 1 fully saturated rings. The molecular formula is C23H23N9O2. The zero-order valence-corrected chi connectivity index (χ0v) is 18.5. The molecule has 1 aliphatic heterocycles. The summed E-state index contributed by atoms with van der Waals surface area (Å²) in [5.74, 6) is 0.996. The second-order valence-corrected chi connectivity index (χ2v) is 8.39. The number of hydrogen-bond donors (Lipinski definition) is 2. The predicted octanol–water partition coefficient (Wildman–Crippen LogP) is 1.51. The number of rotatable bonds is 4. The van der Waals surface area contributed by atoms with E-state index >= 15 is 0 Å². The predicted molar refractivity (Wildman–Crippen MR) is 125 cm³/mol. The molecule has 5 aromatic rings. The number of nitrogen functional groups attached to an aromatic ring is 1. The van der Waals surface area contributed by atoms with Crippen molar-refractivity contribution in [1.82, 2.24) is 39.6 Å². The van der Waals surface area contributed by atoms with Crippen molar-refractivity contribution in [1.29, 1.82) is 0 Å². The molecule has 5 heterocycles. The highest BCUT2D eigenvalue weighted by Gasteiger charge is 2.43. The average molecular weight is 457 g/mol. The van der Waals surface area contributed by atoms with Crippen molar-refractivity contribution >= 4 is 28.5 Å². The van der Waals surface area contributed by atoms with E-state index in [-0.39, 0.29) is 11.9 Å². The molecule has 0 saturated carbocycles. The summed E-state index contributed by atoms with van der Waals surface area (Å²) in [5.41, 5.74) is 6.91. The van der Waals surface area contributed by atoms with Crippen molar-refractivity contribution in [3.63, 3.8) is 0 Å². The fraction of sp³-hybridized carbons (Fsp3) is 0.261. The SMILES string of the molecule is CC(C(=O)N1CCNCC1)(c1ccccc1)n1ncc2c1nc(N)n1nc(-c3ccco3)nc21. The number of carbonyl (C=O) groups is 1. The lowest BCUT2D eigenvalue weighted by Crippen LogP contribution is -2.55. The molecule has 4 aromatic heterocycles. The van der Waals surface area contributed by atoms with E-state index < -0.39 is 5.54 Å². The molecule has 11 nitrogen and oxygen atoms in total. The van der Waals surface area contributed by atoms with Crippen LogP contribution in [0.4, 0.5) is 5.95 Å². The number of nitrogens with zero attached hydrogens (tertiary/aromatic N) is 7. The molecule has 1 aliphatic rings. The minimum Gasteiger partial charge on any atom is -0.461 e. The van der Waals surface area contributed by atoms with Crippen LogP contribution in [-0.2, 0) is 10.3 Å². The molecule has 1 amide bonds. The fourth-order valence-corrected chi connectivity index (χ4v) is 4.52. The molecule has 11 heteroatoms. The largest absolute Gasteiger partial charge is 0.461 e. The van der Waals surface area contributed by atoms with Gasteiger partial charge in [-0.15, -0.1) is 5.10 Å². The number of benzene rings is 1. The maximum absolute atomic E-state index is 14.0. The number of hydrogen-bond acceptors (Lipinski definition) is 8. The van der Waals surface area contributed by atoms with E-state index in [9.17, 15) is 4.79 Å². The molecule has 0 aliphatic carbocycles. The van der Waals surface area contributed by atoms with Crippen LogP contribution in [0.5, 0.6) is 0 Å². The molecule has 0 radical (unpaired) electrons. The molecule has 0 bridgehead atoms. The molecule has 6 rings (SSSR count). The van der Waals surface area contributed by atoms with Gasteiger partial charge in [0.15, 0.2) is 22.6 Å². The highest BCUT2D eigenvalue weighted by atomic mass is 16.3. The number of nitrogens with one attached hydrogen (secondary N) is 1. The van der Waals surface area contributed by atoms with Gasteiger partial charge in [0.05, 0.1) is 17.8 Å². The first-order valence-corrected chi connectivity index (χ1v) is 11.1. The normalized spacial score (nSPS) is 16.2. The zero-order chi connectivity index (χ0) is 23.3. The summed E-state index contributed by atoms with van der Waals surface area (Å²) in [7, 11) is 0. The Kier molecular flexibility index (Phi) is 4.59. The number of fused-ring (bicyclic) bond motifs is 3. The van der Waals surface area contributed by atoms with Crippen molar-refractivity contribution in [3.05, 3.63) is 60.5 Å². The van der Waals surface area contributed by atoms with Crippen LogP contribution in [-0.4, -0.2) is 66.3 Å². The van der Waals surface area contributed by atoms with Crippen LogP contribution in [0.2, 0.25) is 0 Å². The lowest BCUT2D eigenvalue weighted by Gasteiger charge is -2.37. The third-order valence-electron chi connectivity index (χ3n) is 6.35. The van der Waals surface area contributed by atoms with Crippen molar-refractivity contribution < 1.29 is 9.21 Å². The second kappa shape index (κ2) is 7.66. The van der Waals surface area contributed by atoms with Crippen molar-refractivity contribution in [3.8, 4) is 11.6 Å². The van der Waals surface area contributed by atoms with Crippen molar-refractivity contribution in [2.24, 2.45) is 0 Å². The molecule has 0 spiro atoms. The smallest absolute Gasteiger partial charge is 0.255 e. The van der Waals surface area contributed by atoms with Gasteiger partial charge < -0.3 is 20.4 Å². The van der Waals surface area contributed by atoms with Gasteiger partial charge in [-0.3, -0.25) is 4.79 Å². The van der Waals surface area contributed by atoms with Crippen LogP contribution in [0, 0.1) is 0 Å². The average Bonchev–Trinajstić information content (AvgIpc) is 3.63. The highest BCUT2D eigenvalue weighted by molar-refractivity contribution is 5.94. The lowest BCUT2D eigenvalue weighted by molar-refractivity contribution is -0.139. The van der Waals surface area contributed by atoms with Gasteiger partial charge in [0, 0.05) is 26.2 Å². The summed E-state index contributed by atoms with van der Waals surface area (Å²) >= 11 is 0. The van der Waals surface area contributed by atoms with Crippen LogP contribution in [0.25, 0.3) is 28.3 Å². The summed E-state index contributed by atoms with van der Waals surface area (Å²) < 4.78 is 8.56. The molecule has 1 unspecified atom stereocenters. The Morgan fingerprint density at radius 3 is 2.62 bits per heavy atom. The first kappa shape index (κ1) is 20.4. The number of aromatic nitrogens is 6. The molecule has 1 aromatic carbocycles. The molecular weight excluding hydrogens is 434 g/mol. The van der Waals surface area contributed by atoms with Crippen LogP contribution in [0.15, 0.2) is 59.3 Å². The zero-order valence-electron chi connectivity index (χ0n) is 18.5. The number of furan rings is 1. The van der Waals surface area contributed by atoms with Crippen LogP contribution < -0.4 is 11.1 Å². The van der Waals surface area contributed by atoms with Crippen LogP contribution in [0.3, 0.4) is 0 Å². The van der Waals surface area contributed by atoms with Gasteiger partial charge in [-0.25, -0.2) is 9.67 Å². The van der Waals surface area contributed by atoms with E-state index in [1.165, 1.54) is 4.52 Å². The summed E-state index contributed by atoms with van der Waals surface area (Å²) in [6.45, 7) is 4.61. The Balaban J connectivity index is 1.57. The number of nitrogens with two attached hydrogens (primary N) is 1. The molecule has 1 atom stereocenters. The highest BCUT2D eigenvalue weighted by Crippen LogP contribution is 2.33. The topological polar surface area (TPSA) is 132 Å². The maximum atomic E-state index is 14.0. The Morgan fingerprint density at radius 2 is 1.88 bits per heavy atom. The molecule has 34 heavy (non-hydrogen) atoms. The molecule has 1 saturated heterocycles. The van der Waals surface area contributed by atoms with Crippen molar-refractivity contribution in [2.45, 2.75) is 12.5 Å². The minimum atomic E-state index is -1.14.